The van der Waals surface area contributed by atoms with Gasteiger partial charge in [0.25, 0.3) is 0 Å². The van der Waals surface area contributed by atoms with Gasteiger partial charge in [0.15, 0.2) is 19.9 Å². The van der Waals surface area contributed by atoms with E-state index in [2.05, 4.69) is 20.4 Å². The zero-order chi connectivity index (χ0) is 25.1. The highest BCUT2D eigenvalue weighted by Crippen LogP contribution is 2.51. The second-order valence-corrected chi connectivity index (χ2v) is 12.2. The van der Waals surface area contributed by atoms with E-state index in [1.165, 1.54) is 34.2 Å². The predicted octanol–water partition coefficient (Wildman–Crippen LogP) is 3.43. The minimum Gasteiger partial charge on any atom is -0.290 e. The molecule has 0 unspecified atom stereocenters. The number of hydrogen-bond donors (Lipinski definition) is 0. The van der Waals surface area contributed by atoms with Gasteiger partial charge < -0.3 is 0 Å². The molecule has 0 spiro atoms. The van der Waals surface area contributed by atoms with Crippen LogP contribution in [0.1, 0.15) is 40.5 Å². The van der Waals surface area contributed by atoms with Gasteiger partial charge in [0, 0.05) is 31.2 Å². The molecule has 3 aromatic heterocycles. The van der Waals surface area contributed by atoms with Crippen molar-refractivity contribution in [3.8, 4) is 5.69 Å². The average Bonchev–Trinajstić information content (AvgIpc) is 3.63. The van der Waals surface area contributed by atoms with Crippen molar-refractivity contribution in [3.05, 3.63) is 75.9 Å². The van der Waals surface area contributed by atoms with Crippen molar-refractivity contribution in [1.82, 2.24) is 29.8 Å². The number of thiazole rings is 1. The molecule has 0 amide bonds. The predicted molar refractivity (Wildman–Crippen MR) is 130 cm³/mol. The van der Waals surface area contributed by atoms with Crippen LogP contribution < -0.4 is 0 Å². The van der Waals surface area contributed by atoms with Crippen LogP contribution in [0.2, 0.25) is 0 Å². The third-order valence-electron chi connectivity index (χ3n) is 7.04. The van der Waals surface area contributed by atoms with Gasteiger partial charge in [-0.1, -0.05) is 10.8 Å². The molecule has 0 aliphatic heterocycles. The van der Waals surface area contributed by atoms with Crippen LogP contribution in [-0.2, 0) is 23.3 Å². The molecule has 1 fully saturated rings. The number of benzene rings is 1. The maximum absolute atomic E-state index is 14.0. The highest BCUT2D eigenvalue weighted by Gasteiger charge is 2.53. The highest BCUT2D eigenvalue weighted by molar-refractivity contribution is 7.92. The van der Waals surface area contributed by atoms with Crippen LogP contribution in [0, 0.1) is 11.2 Å². The Morgan fingerprint density at radius 2 is 2.03 bits per heavy atom. The molecule has 2 atom stereocenters. The minimum atomic E-state index is -3.76. The van der Waals surface area contributed by atoms with Gasteiger partial charge in [-0.3, -0.25) is 9.48 Å². The summed E-state index contributed by atoms with van der Waals surface area (Å²) in [7, 11) is -2.09. The lowest BCUT2D eigenvalue weighted by atomic mass is 9.62. The second-order valence-electron chi connectivity index (χ2n) is 9.14. The van der Waals surface area contributed by atoms with Crippen LogP contribution in [0.15, 0.2) is 58.7 Å². The van der Waals surface area contributed by atoms with E-state index in [-0.39, 0.29) is 29.5 Å². The summed E-state index contributed by atoms with van der Waals surface area (Å²) in [6, 6.07) is 7.42. The number of aromatic nitrogens is 6. The summed E-state index contributed by atoms with van der Waals surface area (Å²) < 4.78 is 43.6. The molecular formula is C24H21FN6O3S2. The first-order chi connectivity index (χ1) is 17.3. The van der Waals surface area contributed by atoms with Crippen molar-refractivity contribution in [2.24, 2.45) is 12.5 Å². The monoisotopic (exact) mass is 524 g/mol. The second kappa shape index (κ2) is 8.27. The van der Waals surface area contributed by atoms with E-state index in [0.717, 1.165) is 5.57 Å². The van der Waals surface area contributed by atoms with Gasteiger partial charge >= 0.3 is 0 Å². The summed E-state index contributed by atoms with van der Waals surface area (Å²) in [6.45, 7) is 0. The van der Waals surface area contributed by atoms with Gasteiger partial charge in [-0.2, -0.15) is 5.10 Å². The first-order valence-electron chi connectivity index (χ1n) is 11.4. The molecule has 0 radical (unpaired) electrons. The lowest BCUT2D eigenvalue weighted by molar-refractivity contribution is 0.0800. The number of halogens is 1. The number of hydrogen-bond acceptors (Lipinski definition) is 8. The van der Waals surface area contributed by atoms with E-state index in [1.807, 2.05) is 6.08 Å². The molecule has 36 heavy (non-hydrogen) atoms. The number of ketones is 1. The molecule has 9 nitrogen and oxygen atoms in total. The summed E-state index contributed by atoms with van der Waals surface area (Å²) in [5, 5.41) is 14.0. The number of carbonyl (C=O) groups excluding carboxylic acids is 1. The van der Waals surface area contributed by atoms with Gasteiger partial charge in [0.2, 0.25) is 5.78 Å². The molecule has 2 aliphatic carbocycles. The van der Waals surface area contributed by atoms with Crippen LogP contribution in [0.25, 0.3) is 11.8 Å². The number of fused-ring (bicyclic) bond motifs is 2. The van der Waals surface area contributed by atoms with Crippen LogP contribution in [0.4, 0.5) is 4.39 Å². The van der Waals surface area contributed by atoms with Crippen molar-refractivity contribution in [2.45, 2.75) is 36.0 Å². The SMILES string of the molecule is Cn1ccc(S(=O)(=O)[C@H]2CCC3=Cc4c(nnn4-c4ccc(F)cc4)C[C@]3(C(=O)c3nccs3)C2)n1. The van der Waals surface area contributed by atoms with Crippen molar-refractivity contribution in [2.75, 3.05) is 0 Å². The first-order valence-corrected chi connectivity index (χ1v) is 13.8. The number of Topliss-reactive ketones (excluding diaryl/α,β-unsaturated/α-hetero) is 1. The smallest absolute Gasteiger partial charge is 0.201 e. The average molecular weight is 525 g/mol. The fourth-order valence-electron chi connectivity index (χ4n) is 5.23. The lowest BCUT2D eigenvalue weighted by Crippen LogP contribution is -2.45. The molecule has 12 heteroatoms. The Labute approximate surface area is 210 Å². The number of allylic oxidation sites excluding steroid dienone is 1. The third kappa shape index (κ3) is 3.54. The van der Waals surface area contributed by atoms with Crippen molar-refractivity contribution >= 4 is 33.0 Å². The van der Waals surface area contributed by atoms with Gasteiger partial charge in [-0.05, 0) is 55.7 Å². The summed E-state index contributed by atoms with van der Waals surface area (Å²) in [4.78, 5) is 18.2. The Bertz CT molecular complexity index is 1610. The molecule has 1 aromatic carbocycles. The van der Waals surface area contributed by atoms with E-state index in [9.17, 15) is 17.6 Å². The molecule has 0 N–H and O–H groups in total. The molecule has 0 bridgehead atoms. The highest BCUT2D eigenvalue weighted by atomic mass is 32.2. The lowest BCUT2D eigenvalue weighted by Gasteiger charge is -2.42. The molecule has 6 rings (SSSR count). The maximum atomic E-state index is 14.0. The van der Waals surface area contributed by atoms with Crippen molar-refractivity contribution in [3.63, 3.8) is 0 Å². The van der Waals surface area contributed by atoms with Crippen LogP contribution in [0.3, 0.4) is 0 Å². The molecule has 3 heterocycles. The number of nitrogens with zero attached hydrogens (tertiary/aromatic N) is 6. The van der Waals surface area contributed by atoms with E-state index in [4.69, 9.17) is 0 Å². The normalized spacial score (nSPS) is 21.5. The number of sulfone groups is 1. The Morgan fingerprint density at radius 3 is 2.72 bits per heavy atom. The Balaban J connectivity index is 1.45. The fourth-order valence-corrected chi connectivity index (χ4v) is 7.67. The van der Waals surface area contributed by atoms with E-state index >= 15 is 0 Å². The van der Waals surface area contributed by atoms with Crippen LogP contribution in [-0.4, -0.2) is 49.2 Å². The van der Waals surface area contributed by atoms with Gasteiger partial charge in [-0.15, -0.1) is 16.4 Å². The van der Waals surface area contributed by atoms with Crippen LogP contribution in [0.5, 0.6) is 0 Å². The summed E-state index contributed by atoms with van der Waals surface area (Å²) >= 11 is 1.24. The number of carbonyl (C=O) groups is 1. The van der Waals surface area contributed by atoms with Gasteiger partial charge in [-0.25, -0.2) is 22.5 Å². The largest absolute Gasteiger partial charge is 0.290 e. The maximum Gasteiger partial charge on any atom is 0.201 e. The molecule has 0 saturated heterocycles. The third-order valence-corrected chi connectivity index (χ3v) is 9.89. The van der Waals surface area contributed by atoms with Crippen LogP contribution >= 0.6 is 11.3 Å². The standard InChI is InChI=1S/C24H21FN6O3S2/c1-30-10-8-21(28-30)36(33,34)18-7-2-15-12-20-19(27-29-31(20)17-5-3-16(25)4-6-17)14-24(15,13-18)22(32)23-26-9-11-35-23/h3-6,8-12,18H,2,7,13-14H2,1H3/t18-,24+/m0/s1. The minimum absolute atomic E-state index is 0.0121. The summed E-state index contributed by atoms with van der Waals surface area (Å²) in [6.07, 6.45) is 6.17. The van der Waals surface area contributed by atoms with E-state index < -0.39 is 20.5 Å². The van der Waals surface area contributed by atoms with E-state index in [0.29, 0.717) is 34.9 Å². The first kappa shape index (κ1) is 22.9. The number of aryl methyl sites for hydroxylation is 1. The van der Waals surface area contributed by atoms with Crippen molar-refractivity contribution in [1.29, 1.82) is 0 Å². The molecule has 184 valence electrons. The summed E-state index contributed by atoms with van der Waals surface area (Å²) in [5.41, 5.74) is 1.69. The molecule has 1 saturated carbocycles. The molecule has 2 aliphatic rings. The zero-order valence-corrected chi connectivity index (χ0v) is 20.8. The fraction of sp³-hybridized carbons (Fsp3) is 0.292. The van der Waals surface area contributed by atoms with Gasteiger partial charge in [0.05, 0.1) is 27.7 Å². The topological polar surface area (TPSA) is 113 Å². The molecular weight excluding hydrogens is 503 g/mol. The Kier molecular flexibility index (Phi) is 5.27. The quantitative estimate of drug-likeness (QED) is 0.368. The molecule has 4 aromatic rings. The van der Waals surface area contributed by atoms with Crippen molar-refractivity contribution < 1.29 is 17.6 Å². The zero-order valence-electron chi connectivity index (χ0n) is 19.2. The number of rotatable bonds is 5. The Hall–Kier alpha value is -3.51. The Morgan fingerprint density at radius 1 is 1.22 bits per heavy atom. The summed E-state index contributed by atoms with van der Waals surface area (Å²) in [5.74, 6) is -0.557. The van der Waals surface area contributed by atoms with E-state index in [1.54, 1.807) is 41.6 Å². The van der Waals surface area contributed by atoms with Gasteiger partial charge in [0.1, 0.15) is 5.82 Å².